The summed E-state index contributed by atoms with van der Waals surface area (Å²) < 4.78 is 0. The van der Waals surface area contributed by atoms with Gasteiger partial charge in [-0.25, -0.2) is 4.99 Å². The van der Waals surface area contributed by atoms with Gasteiger partial charge in [0.1, 0.15) is 0 Å². The van der Waals surface area contributed by atoms with Crippen molar-refractivity contribution in [1.29, 1.82) is 0 Å². The lowest BCUT2D eigenvalue weighted by molar-refractivity contribution is 0.105. The monoisotopic (exact) mass is 379 g/mol. The summed E-state index contributed by atoms with van der Waals surface area (Å²) in [5, 5.41) is 2.56. The van der Waals surface area contributed by atoms with Gasteiger partial charge in [-0.05, 0) is 33.9 Å². The van der Waals surface area contributed by atoms with Gasteiger partial charge in [0.15, 0.2) is 5.84 Å². The van der Waals surface area contributed by atoms with Crippen molar-refractivity contribution in [3.05, 3.63) is 89.5 Å². The highest BCUT2D eigenvalue weighted by molar-refractivity contribution is 6.20. The molecule has 2 heterocycles. The highest BCUT2D eigenvalue weighted by atomic mass is 15.2. The SMILES string of the molecule is CC1CN(Cc2ccc(C3=NCC(/C=C/c4ccccc4)=N3)c3ccccc23)C1. The van der Waals surface area contributed by atoms with Gasteiger partial charge in [0.05, 0.1) is 12.3 Å². The number of likely N-dealkylation sites (tertiary alicyclic amines) is 1. The molecule has 3 nitrogen and oxygen atoms in total. The maximum atomic E-state index is 4.82. The van der Waals surface area contributed by atoms with Gasteiger partial charge in [0.25, 0.3) is 0 Å². The molecule has 29 heavy (non-hydrogen) atoms. The Kier molecular flexibility index (Phi) is 4.82. The van der Waals surface area contributed by atoms with Crippen LogP contribution in [0.5, 0.6) is 0 Å². The lowest BCUT2D eigenvalue weighted by Gasteiger charge is -2.37. The van der Waals surface area contributed by atoms with Crippen LogP contribution in [0.2, 0.25) is 0 Å². The average molecular weight is 380 g/mol. The predicted molar refractivity (Wildman–Crippen MR) is 123 cm³/mol. The van der Waals surface area contributed by atoms with E-state index >= 15 is 0 Å². The molecule has 0 unspecified atom stereocenters. The van der Waals surface area contributed by atoms with Crippen molar-refractivity contribution in [3.63, 3.8) is 0 Å². The van der Waals surface area contributed by atoms with Gasteiger partial charge in [-0.1, -0.05) is 79.7 Å². The van der Waals surface area contributed by atoms with Crippen molar-refractivity contribution in [2.24, 2.45) is 15.9 Å². The molecule has 2 aliphatic rings. The van der Waals surface area contributed by atoms with Crippen LogP contribution >= 0.6 is 0 Å². The van der Waals surface area contributed by atoms with Gasteiger partial charge >= 0.3 is 0 Å². The Bertz CT molecular complexity index is 1120. The molecule has 3 heteroatoms. The summed E-state index contributed by atoms with van der Waals surface area (Å²) in [6, 6.07) is 23.4. The molecule has 144 valence electrons. The molecule has 5 rings (SSSR count). The van der Waals surface area contributed by atoms with E-state index in [-0.39, 0.29) is 0 Å². The van der Waals surface area contributed by atoms with E-state index in [4.69, 9.17) is 9.98 Å². The van der Waals surface area contributed by atoms with E-state index in [2.05, 4.69) is 72.5 Å². The Morgan fingerprint density at radius 3 is 2.45 bits per heavy atom. The summed E-state index contributed by atoms with van der Waals surface area (Å²) in [4.78, 5) is 12.1. The molecule has 1 saturated heterocycles. The average Bonchev–Trinajstić information content (AvgIpc) is 3.21. The lowest BCUT2D eigenvalue weighted by Crippen LogP contribution is -2.44. The number of hydrogen-bond donors (Lipinski definition) is 0. The standard InChI is InChI=1S/C26H25N3/c1-19-16-29(17-19)18-21-12-14-25(24-10-6-5-9-23(21)24)26-27-15-22(28-26)13-11-20-7-3-2-4-8-20/h2-14,19H,15-18H2,1H3/b13-11+. The van der Waals surface area contributed by atoms with Crippen LogP contribution in [0.4, 0.5) is 0 Å². The Labute approximate surface area is 172 Å². The molecule has 3 aromatic carbocycles. The van der Waals surface area contributed by atoms with Crippen LogP contribution in [-0.4, -0.2) is 36.1 Å². The van der Waals surface area contributed by atoms with E-state index in [0.29, 0.717) is 6.54 Å². The zero-order chi connectivity index (χ0) is 19.6. The Morgan fingerprint density at radius 2 is 1.66 bits per heavy atom. The van der Waals surface area contributed by atoms with Crippen molar-refractivity contribution in [2.75, 3.05) is 19.6 Å². The fourth-order valence-corrected chi connectivity index (χ4v) is 4.25. The van der Waals surface area contributed by atoms with Crippen molar-refractivity contribution >= 4 is 28.4 Å². The van der Waals surface area contributed by atoms with E-state index in [1.54, 1.807) is 0 Å². The smallest absolute Gasteiger partial charge is 0.155 e. The highest BCUT2D eigenvalue weighted by Crippen LogP contribution is 2.27. The van der Waals surface area contributed by atoms with Crippen LogP contribution in [0.1, 0.15) is 23.6 Å². The topological polar surface area (TPSA) is 28.0 Å². The van der Waals surface area contributed by atoms with E-state index in [9.17, 15) is 0 Å². The summed E-state index contributed by atoms with van der Waals surface area (Å²) in [5.74, 6) is 1.67. The second-order valence-electron chi connectivity index (χ2n) is 8.10. The normalized spacial score (nSPS) is 17.6. The minimum Gasteiger partial charge on any atom is -0.298 e. The predicted octanol–water partition coefficient (Wildman–Crippen LogP) is 5.21. The number of nitrogens with zero attached hydrogens (tertiary/aromatic N) is 3. The zero-order valence-corrected chi connectivity index (χ0v) is 16.8. The molecule has 0 N–H and O–H groups in total. The van der Waals surface area contributed by atoms with E-state index < -0.39 is 0 Å². The van der Waals surface area contributed by atoms with E-state index in [0.717, 1.165) is 29.6 Å². The summed E-state index contributed by atoms with van der Waals surface area (Å²) in [7, 11) is 0. The van der Waals surface area contributed by atoms with Gasteiger partial charge in [-0.2, -0.15) is 0 Å². The van der Waals surface area contributed by atoms with E-state index in [1.807, 2.05) is 18.2 Å². The van der Waals surface area contributed by atoms with Gasteiger partial charge in [-0.15, -0.1) is 0 Å². The minimum absolute atomic E-state index is 0.639. The molecule has 0 radical (unpaired) electrons. The largest absolute Gasteiger partial charge is 0.298 e. The van der Waals surface area contributed by atoms with Crippen LogP contribution in [0.3, 0.4) is 0 Å². The maximum Gasteiger partial charge on any atom is 0.155 e. The fourth-order valence-electron chi connectivity index (χ4n) is 4.25. The quantitative estimate of drug-likeness (QED) is 0.598. The fraction of sp³-hybridized carbons (Fsp3) is 0.231. The van der Waals surface area contributed by atoms with Crippen LogP contribution in [-0.2, 0) is 6.54 Å². The third kappa shape index (κ3) is 3.79. The molecule has 0 amide bonds. The molecule has 1 fully saturated rings. The van der Waals surface area contributed by atoms with Crippen LogP contribution in [0.15, 0.2) is 82.8 Å². The molecular formula is C26H25N3. The molecule has 0 spiro atoms. The van der Waals surface area contributed by atoms with Crippen molar-refractivity contribution in [3.8, 4) is 0 Å². The first kappa shape index (κ1) is 18.0. The molecular weight excluding hydrogens is 354 g/mol. The lowest BCUT2D eigenvalue weighted by atomic mass is 9.96. The number of amidine groups is 1. The summed E-state index contributed by atoms with van der Waals surface area (Å²) in [6.45, 7) is 6.37. The minimum atomic E-state index is 0.639. The Hall–Kier alpha value is -3.04. The van der Waals surface area contributed by atoms with Crippen molar-refractivity contribution in [2.45, 2.75) is 13.5 Å². The maximum absolute atomic E-state index is 4.82. The first-order valence-corrected chi connectivity index (χ1v) is 10.3. The highest BCUT2D eigenvalue weighted by Gasteiger charge is 2.23. The van der Waals surface area contributed by atoms with Gasteiger partial charge in [0, 0.05) is 25.2 Å². The van der Waals surface area contributed by atoms with Crippen molar-refractivity contribution < 1.29 is 0 Å². The Morgan fingerprint density at radius 1 is 0.897 bits per heavy atom. The number of rotatable bonds is 5. The van der Waals surface area contributed by atoms with Crippen LogP contribution in [0, 0.1) is 5.92 Å². The van der Waals surface area contributed by atoms with Gasteiger partial charge < -0.3 is 0 Å². The summed E-state index contributed by atoms with van der Waals surface area (Å²) >= 11 is 0. The number of benzene rings is 3. The molecule has 0 aliphatic carbocycles. The molecule has 2 aliphatic heterocycles. The van der Waals surface area contributed by atoms with Gasteiger partial charge in [0.2, 0.25) is 0 Å². The summed E-state index contributed by atoms with van der Waals surface area (Å²) in [6.07, 6.45) is 4.18. The van der Waals surface area contributed by atoms with Crippen LogP contribution in [0.25, 0.3) is 16.8 Å². The second-order valence-corrected chi connectivity index (χ2v) is 8.10. The van der Waals surface area contributed by atoms with E-state index in [1.165, 1.54) is 35.0 Å². The third-order valence-corrected chi connectivity index (χ3v) is 5.70. The molecule has 0 aromatic heterocycles. The molecule has 0 bridgehead atoms. The first-order chi connectivity index (χ1) is 14.3. The first-order valence-electron chi connectivity index (χ1n) is 10.3. The Balaban J connectivity index is 1.42. The molecule has 0 atom stereocenters. The number of aliphatic imine (C=N–C) groups is 2. The number of fused-ring (bicyclic) bond motifs is 1. The molecule has 0 saturated carbocycles. The van der Waals surface area contributed by atoms with Crippen LogP contribution < -0.4 is 0 Å². The second kappa shape index (κ2) is 7.76. The zero-order valence-electron chi connectivity index (χ0n) is 16.8. The number of hydrogen-bond acceptors (Lipinski definition) is 3. The van der Waals surface area contributed by atoms with Crippen molar-refractivity contribution in [1.82, 2.24) is 4.90 Å². The molecule has 3 aromatic rings. The third-order valence-electron chi connectivity index (χ3n) is 5.70. The van der Waals surface area contributed by atoms with Gasteiger partial charge in [-0.3, -0.25) is 9.89 Å². The summed E-state index contributed by atoms with van der Waals surface area (Å²) in [5.41, 5.74) is 4.71.